The highest BCUT2D eigenvalue weighted by Gasteiger charge is 2.35. The third-order valence-electron chi connectivity index (χ3n) is 3.41. The second-order valence-electron chi connectivity index (χ2n) is 5.19. The third kappa shape index (κ3) is 2.82. The van der Waals surface area contributed by atoms with Gasteiger partial charge in [-0.2, -0.15) is 5.10 Å². The summed E-state index contributed by atoms with van der Waals surface area (Å²) in [6.45, 7) is 0. The molecule has 0 unspecified atom stereocenters. The van der Waals surface area contributed by atoms with Gasteiger partial charge in [-0.25, -0.2) is 13.2 Å². The largest absolute Gasteiger partial charge is 0.488 e. The Morgan fingerprint density at radius 2 is 2.09 bits per heavy atom. The highest BCUT2D eigenvalue weighted by Crippen LogP contribution is 2.26. The van der Waals surface area contributed by atoms with Gasteiger partial charge in [-0.15, -0.1) is 0 Å². The molecule has 1 fully saturated rings. The van der Waals surface area contributed by atoms with Crippen molar-refractivity contribution in [1.82, 2.24) is 9.78 Å². The van der Waals surface area contributed by atoms with Gasteiger partial charge in [-0.05, 0) is 18.2 Å². The Balaban J connectivity index is 1.83. The molecule has 0 spiro atoms. The molecule has 1 aliphatic rings. The molecule has 0 atom stereocenters. The summed E-state index contributed by atoms with van der Waals surface area (Å²) >= 11 is 0. The molecule has 22 heavy (non-hydrogen) atoms. The number of hydrogen-bond donors (Lipinski definition) is 1. The molecule has 0 aliphatic carbocycles. The Kier molecular flexibility index (Phi) is 3.40. The van der Waals surface area contributed by atoms with E-state index in [4.69, 9.17) is 9.84 Å². The van der Waals surface area contributed by atoms with Crippen LogP contribution in [-0.2, 0) is 16.9 Å². The van der Waals surface area contributed by atoms with Crippen LogP contribution < -0.4 is 4.74 Å². The zero-order valence-electron chi connectivity index (χ0n) is 11.8. The number of carboxylic acids is 1. The number of carboxylic acid groups (broad SMARTS) is 1. The molecule has 2 aromatic rings. The third-order valence-corrected chi connectivity index (χ3v) is 5.17. The number of rotatable bonds is 4. The minimum atomic E-state index is -2.93. The van der Waals surface area contributed by atoms with Crippen LogP contribution in [0.5, 0.6) is 5.75 Å². The lowest BCUT2D eigenvalue weighted by Crippen LogP contribution is -2.45. The molecular formula is C14H14N2O5S. The summed E-state index contributed by atoms with van der Waals surface area (Å²) in [5, 5.41) is 12.9. The average Bonchev–Trinajstić information content (AvgIpc) is 2.79. The molecule has 7 nitrogen and oxygen atoms in total. The van der Waals surface area contributed by atoms with E-state index in [1.165, 1.54) is 10.7 Å². The number of hydrogen-bond acceptors (Lipinski definition) is 5. The molecule has 1 aromatic heterocycles. The summed E-state index contributed by atoms with van der Waals surface area (Å²) in [5.41, 5.74) is 1.36. The standard InChI is InChI=1S/C14H14N2O5S/c1-16-13(6-12(15-16)14(17)18)9-3-2-4-10(5-9)21-11-7-22(19,20)8-11/h2-6,11H,7-8H2,1H3,(H,17,18). The highest BCUT2D eigenvalue weighted by atomic mass is 32.2. The Bertz CT molecular complexity index is 829. The van der Waals surface area contributed by atoms with E-state index >= 15 is 0 Å². The molecule has 8 heteroatoms. The van der Waals surface area contributed by atoms with Gasteiger partial charge >= 0.3 is 5.97 Å². The van der Waals surface area contributed by atoms with Gasteiger partial charge in [0.15, 0.2) is 15.5 Å². The Morgan fingerprint density at radius 1 is 1.36 bits per heavy atom. The van der Waals surface area contributed by atoms with Crippen LogP contribution >= 0.6 is 0 Å². The van der Waals surface area contributed by atoms with Crippen molar-refractivity contribution in [2.45, 2.75) is 6.10 Å². The molecular weight excluding hydrogens is 308 g/mol. The second kappa shape index (κ2) is 5.13. The van der Waals surface area contributed by atoms with E-state index in [-0.39, 0.29) is 23.3 Å². The zero-order chi connectivity index (χ0) is 15.9. The van der Waals surface area contributed by atoms with Crippen molar-refractivity contribution in [2.24, 2.45) is 7.05 Å². The molecule has 3 rings (SSSR count). The van der Waals surface area contributed by atoms with Crippen molar-refractivity contribution in [3.8, 4) is 17.0 Å². The number of sulfone groups is 1. The molecule has 0 amide bonds. The molecule has 1 N–H and O–H groups in total. The fourth-order valence-electron chi connectivity index (χ4n) is 2.35. The Labute approximate surface area is 127 Å². The van der Waals surface area contributed by atoms with E-state index in [0.29, 0.717) is 11.4 Å². The number of aromatic carboxylic acids is 1. The van der Waals surface area contributed by atoms with Gasteiger partial charge in [-0.3, -0.25) is 4.68 Å². The number of ether oxygens (including phenoxy) is 1. The van der Waals surface area contributed by atoms with E-state index in [9.17, 15) is 13.2 Å². The maximum atomic E-state index is 11.1. The highest BCUT2D eigenvalue weighted by molar-refractivity contribution is 7.92. The molecule has 2 heterocycles. The van der Waals surface area contributed by atoms with Gasteiger partial charge in [0.25, 0.3) is 0 Å². The summed E-state index contributed by atoms with van der Waals surface area (Å²) < 4.78 is 29.4. The predicted molar refractivity (Wildman–Crippen MR) is 78.7 cm³/mol. The van der Waals surface area contributed by atoms with Crippen molar-refractivity contribution in [2.75, 3.05) is 11.5 Å². The molecule has 1 saturated heterocycles. The number of aromatic nitrogens is 2. The minimum absolute atomic E-state index is 0.0334. The summed E-state index contributed by atoms with van der Waals surface area (Å²) in [5.74, 6) is -0.470. The predicted octanol–water partition coefficient (Wildman–Crippen LogP) is 0.961. The first kappa shape index (κ1) is 14.6. The van der Waals surface area contributed by atoms with Gasteiger partial charge in [0.05, 0.1) is 17.2 Å². The van der Waals surface area contributed by atoms with Crippen LogP contribution in [0.3, 0.4) is 0 Å². The first-order valence-corrected chi connectivity index (χ1v) is 8.41. The maximum absolute atomic E-state index is 11.1. The monoisotopic (exact) mass is 322 g/mol. The normalized spacial score (nSPS) is 17.0. The lowest BCUT2D eigenvalue weighted by molar-refractivity contribution is 0.0689. The van der Waals surface area contributed by atoms with Crippen molar-refractivity contribution in [3.05, 3.63) is 36.0 Å². The fraction of sp³-hybridized carbons (Fsp3) is 0.286. The molecule has 116 valence electrons. The topological polar surface area (TPSA) is 98.5 Å². The van der Waals surface area contributed by atoms with Crippen molar-refractivity contribution >= 4 is 15.8 Å². The summed E-state index contributed by atoms with van der Waals surface area (Å²) in [4.78, 5) is 11.0. The Morgan fingerprint density at radius 3 is 2.68 bits per heavy atom. The maximum Gasteiger partial charge on any atom is 0.356 e. The van der Waals surface area contributed by atoms with Crippen LogP contribution in [0.1, 0.15) is 10.5 Å². The number of nitrogens with zero attached hydrogens (tertiary/aromatic N) is 2. The van der Waals surface area contributed by atoms with Crippen LogP contribution in [0, 0.1) is 0 Å². The molecule has 0 radical (unpaired) electrons. The summed E-state index contributed by atoms with van der Waals surface area (Å²) in [6.07, 6.45) is -0.318. The van der Waals surface area contributed by atoms with Crippen LogP contribution in [0.4, 0.5) is 0 Å². The molecule has 0 bridgehead atoms. The molecule has 1 aromatic carbocycles. The lowest BCUT2D eigenvalue weighted by Gasteiger charge is -2.26. The van der Waals surface area contributed by atoms with Crippen LogP contribution in [0.25, 0.3) is 11.3 Å². The minimum Gasteiger partial charge on any atom is -0.488 e. The smallest absolute Gasteiger partial charge is 0.356 e. The van der Waals surface area contributed by atoms with Gasteiger partial charge in [0.1, 0.15) is 11.9 Å². The van der Waals surface area contributed by atoms with E-state index in [2.05, 4.69) is 5.10 Å². The van der Waals surface area contributed by atoms with Crippen molar-refractivity contribution < 1.29 is 23.1 Å². The van der Waals surface area contributed by atoms with Gasteiger partial charge in [0.2, 0.25) is 0 Å². The van der Waals surface area contributed by atoms with Gasteiger partial charge < -0.3 is 9.84 Å². The lowest BCUT2D eigenvalue weighted by atomic mass is 10.1. The second-order valence-corrected chi connectivity index (χ2v) is 7.34. The zero-order valence-corrected chi connectivity index (χ0v) is 12.6. The first-order valence-electron chi connectivity index (χ1n) is 6.59. The SMILES string of the molecule is Cn1nc(C(=O)O)cc1-c1cccc(OC2CS(=O)(=O)C2)c1. The van der Waals surface area contributed by atoms with E-state index in [1.54, 1.807) is 25.2 Å². The quantitative estimate of drug-likeness (QED) is 0.900. The van der Waals surface area contributed by atoms with Crippen LogP contribution in [0.15, 0.2) is 30.3 Å². The van der Waals surface area contributed by atoms with Gasteiger partial charge in [0, 0.05) is 12.6 Å². The van der Waals surface area contributed by atoms with E-state index < -0.39 is 15.8 Å². The average molecular weight is 322 g/mol. The molecule has 1 aliphatic heterocycles. The molecule has 0 saturated carbocycles. The fourth-order valence-corrected chi connectivity index (χ4v) is 3.52. The Hall–Kier alpha value is -2.35. The van der Waals surface area contributed by atoms with E-state index in [1.807, 2.05) is 6.07 Å². The summed E-state index contributed by atoms with van der Waals surface area (Å²) in [6, 6.07) is 8.55. The van der Waals surface area contributed by atoms with Crippen LogP contribution in [-0.4, -0.2) is 46.9 Å². The number of aryl methyl sites for hydroxylation is 1. The van der Waals surface area contributed by atoms with Gasteiger partial charge in [-0.1, -0.05) is 12.1 Å². The van der Waals surface area contributed by atoms with E-state index in [0.717, 1.165) is 5.56 Å². The first-order chi connectivity index (χ1) is 10.3. The van der Waals surface area contributed by atoms with Crippen molar-refractivity contribution in [3.63, 3.8) is 0 Å². The van der Waals surface area contributed by atoms with Crippen LogP contribution in [0.2, 0.25) is 0 Å². The number of carbonyl (C=O) groups is 1. The summed E-state index contributed by atoms with van der Waals surface area (Å²) in [7, 11) is -1.27. The van der Waals surface area contributed by atoms with Crippen molar-refractivity contribution in [1.29, 1.82) is 0 Å². The number of benzene rings is 1.